The number of nitrogens with zero attached hydrogens (tertiary/aromatic N) is 5. The number of hydrogen-bond donors (Lipinski definition) is 1. The van der Waals surface area contributed by atoms with Crippen LogP contribution in [0.2, 0.25) is 0 Å². The predicted molar refractivity (Wildman–Crippen MR) is 107 cm³/mol. The van der Waals surface area contributed by atoms with Gasteiger partial charge in [-0.05, 0) is 38.1 Å². The largest absolute Gasteiger partial charge is 0.494 e. The Morgan fingerprint density at radius 1 is 1.21 bits per heavy atom. The van der Waals surface area contributed by atoms with E-state index in [9.17, 15) is 14.4 Å². The summed E-state index contributed by atoms with van der Waals surface area (Å²) in [6.45, 7) is 3.89. The van der Waals surface area contributed by atoms with E-state index in [1.807, 2.05) is 42.7 Å². The summed E-state index contributed by atoms with van der Waals surface area (Å²) in [5.74, 6) is 0.459. The second kappa shape index (κ2) is 6.66. The van der Waals surface area contributed by atoms with Gasteiger partial charge >= 0.3 is 5.69 Å². The number of aryl methyl sites for hydroxylation is 2. The molecule has 0 aliphatic carbocycles. The lowest BCUT2D eigenvalue weighted by Gasteiger charge is -2.08. The van der Waals surface area contributed by atoms with Crippen LogP contribution >= 0.6 is 0 Å². The van der Waals surface area contributed by atoms with Gasteiger partial charge in [0.2, 0.25) is 11.7 Å². The normalized spacial score (nSPS) is 11.4. The number of hydrogen-bond acceptors (Lipinski definition) is 5. The van der Waals surface area contributed by atoms with Crippen molar-refractivity contribution in [3.8, 4) is 11.4 Å². The van der Waals surface area contributed by atoms with E-state index in [-0.39, 0.29) is 11.2 Å². The van der Waals surface area contributed by atoms with E-state index in [1.165, 1.54) is 11.6 Å². The molecule has 1 aromatic carbocycles. The van der Waals surface area contributed by atoms with E-state index >= 15 is 0 Å². The number of imidazole rings is 2. The molecule has 0 aliphatic heterocycles. The van der Waals surface area contributed by atoms with Crippen molar-refractivity contribution in [3.63, 3.8) is 0 Å². The third-order valence-electron chi connectivity index (χ3n) is 4.75. The maximum absolute atomic E-state index is 12.9. The molecule has 4 rings (SSSR count). The number of primary amides is 1. The number of aromatic nitrogens is 5. The fourth-order valence-corrected chi connectivity index (χ4v) is 3.48. The summed E-state index contributed by atoms with van der Waals surface area (Å²) in [7, 11) is 1.50. The van der Waals surface area contributed by atoms with Crippen LogP contribution in [-0.2, 0) is 18.4 Å². The topological polar surface area (TPSA) is 119 Å². The fraction of sp³-hybridized carbons (Fsp3) is 0.263. The van der Waals surface area contributed by atoms with Gasteiger partial charge in [0.15, 0.2) is 11.2 Å². The molecular formula is C19H20N6O4. The van der Waals surface area contributed by atoms with Crippen LogP contribution < -0.4 is 21.7 Å². The first-order valence-electron chi connectivity index (χ1n) is 9.05. The summed E-state index contributed by atoms with van der Waals surface area (Å²) in [5.41, 5.74) is 6.05. The number of fused-ring (bicyclic) bond motifs is 3. The molecule has 0 radical (unpaired) electrons. The molecule has 0 atom stereocenters. The zero-order valence-electron chi connectivity index (χ0n) is 16.2. The van der Waals surface area contributed by atoms with Crippen molar-refractivity contribution in [1.29, 1.82) is 0 Å². The van der Waals surface area contributed by atoms with Crippen molar-refractivity contribution in [3.05, 3.63) is 57.0 Å². The maximum atomic E-state index is 12.9. The molecule has 0 aliphatic rings. The van der Waals surface area contributed by atoms with Crippen LogP contribution in [0.15, 0.2) is 40.1 Å². The Morgan fingerprint density at radius 2 is 1.90 bits per heavy atom. The van der Waals surface area contributed by atoms with E-state index in [4.69, 9.17) is 10.5 Å². The third kappa shape index (κ3) is 2.80. The Balaban J connectivity index is 2.01. The Labute approximate surface area is 164 Å². The zero-order valence-corrected chi connectivity index (χ0v) is 16.2. The van der Waals surface area contributed by atoms with Gasteiger partial charge in [0, 0.05) is 24.6 Å². The lowest BCUT2D eigenvalue weighted by Crippen LogP contribution is -2.42. The monoisotopic (exact) mass is 396 g/mol. The minimum absolute atomic E-state index is 0.205. The molecule has 3 heterocycles. The first kappa shape index (κ1) is 18.5. The van der Waals surface area contributed by atoms with E-state index < -0.39 is 23.7 Å². The maximum Gasteiger partial charge on any atom is 0.332 e. The third-order valence-corrected chi connectivity index (χ3v) is 4.75. The number of carbonyl (C=O) groups excluding carboxylic acids is 1. The standard InChI is InChI=1S/C19H20N6O4/c1-4-29-13-7-5-12(6-8-13)25-11(2)9-23-15-16(21-18(23)25)22(3)19(28)24(17(15)27)10-14(20)26/h5-9H,4,10H2,1-3H3,(H2,20,26). The Bertz CT molecular complexity index is 1370. The van der Waals surface area contributed by atoms with Crippen molar-refractivity contribution in [2.24, 2.45) is 12.8 Å². The van der Waals surface area contributed by atoms with E-state index in [2.05, 4.69) is 4.98 Å². The molecule has 1 amide bonds. The van der Waals surface area contributed by atoms with E-state index in [0.29, 0.717) is 12.4 Å². The SMILES string of the molecule is CCOc1ccc(-n2c(C)cn3c4c(=O)n(CC(N)=O)c(=O)n(C)c4nc23)cc1. The van der Waals surface area contributed by atoms with Gasteiger partial charge in [0.05, 0.1) is 6.61 Å². The number of ether oxygens (including phenoxy) is 1. The Hall–Kier alpha value is -3.82. The van der Waals surface area contributed by atoms with Crippen LogP contribution in [0.4, 0.5) is 0 Å². The lowest BCUT2D eigenvalue weighted by atomic mass is 10.3. The molecule has 0 saturated carbocycles. The van der Waals surface area contributed by atoms with Gasteiger partial charge in [0.1, 0.15) is 12.3 Å². The minimum Gasteiger partial charge on any atom is -0.494 e. The molecule has 0 unspecified atom stereocenters. The Morgan fingerprint density at radius 3 is 2.52 bits per heavy atom. The van der Waals surface area contributed by atoms with E-state index in [0.717, 1.165) is 21.7 Å². The molecule has 4 aromatic rings. The molecule has 0 saturated heterocycles. The number of carbonyl (C=O) groups is 1. The van der Waals surface area contributed by atoms with Crippen LogP contribution in [0.25, 0.3) is 22.6 Å². The van der Waals surface area contributed by atoms with Gasteiger partial charge in [-0.15, -0.1) is 0 Å². The highest BCUT2D eigenvalue weighted by Crippen LogP contribution is 2.22. The van der Waals surface area contributed by atoms with Gasteiger partial charge in [-0.2, -0.15) is 4.98 Å². The molecule has 150 valence electrons. The van der Waals surface area contributed by atoms with Crippen LogP contribution in [0.1, 0.15) is 12.6 Å². The molecule has 29 heavy (non-hydrogen) atoms. The average Bonchev–Trinajstić information content (AvgIpc) is 3.19. The predicted octanol–water partition coefficient (Wildman–Crippen LogP) is 0.331. The molecule has 10 heteroatoms. The smallest absolute Gasteiger partial charge is 0.332 e. The van der Waals surface area contributed by atoms with Crippen LogP contribution in [0.5, 0.6) is 5.75 Å². The quantitative estimate of drug-likeness (QED) is 0.522. The second-order valence-electron chi connectivity index (χ2n) is 6.69. The highest BCUT2D eigenvalue weighted by Gasteiger charge is 2.21. The van der Waals surface area contributed by atoms with Crippen molar-refractivity contribution < 1.29 is 9.53 Å². The van der Waals surface area contributed by atoms with Gasteiger partial charge < -0.3 is 10.5 Å². The number of nitrogens with two attached hydrogens (primary N) is 1. The first-order chi connectivity index (χ1) is 13.8. The van der Waals surface area contributed by atoms with Crippen LogP contribution in [0, 0.1) is 6.92 Å². The van der Waals surface area contributed by atoms with Gasteiger partial charge in [-0.25, -0.2) is 9.36 Å². The summed E-state index contributed by atoms with van der Waals surface area (Å²) < 4.78 is 11.0. The highest BCUT2D eigenvalue weighted by atomic mass is 16.5. The molecule has 3 aromatic heterocycles. The molecule has 10 nitrogen and oxygen atoms in total. The summed E-state index contributed by atoms with van der Waals surface area (Å²) >= 11 is 0. The minimum atomic E-state index is -0.771. The summed E-state index contributed by atoms with van der Waals surface area (Å²) in [5, 5.41) is 0. The molecule has 0 fully saturated rings. The summed E-state index contributed by atoms with van der Waals surface area (Å²) in [6, 6.07) is 7.49. The van der Waals surface area contributed by atoms with Crippen molar-refractivity contribution in [2.75, 3.05) is 6.61 Å². The van der Waals surface area contributed by atoms with Crippen molar-refractivity contribution in [1.82, 2.24) is 23.1 Å². The molecule has 2 N–H and O–H groups in total. The van der Waals surface area contributed by atoms with Crippen LogP contribution in [0.3, 0.4) is 0 Å². The second-order valence-corrected chi connectivity index (χ2v) is 6.69. The first-order valence-corrected chi connectivity index (χ1v) is 9.05. The molecule has 0 bridgehead atoms. The fourth-order valence-electron chi connectivity index (χ4n) is 3.48. The Kier molecular flexibility index (Phi) is 4.26. The molecule has 0 spiro atoms. The van der Waals surface area contributed by atoms with Gasteiger partial charge in [-0.3, -0.25) is 23.1 Å². The van der Waals surface area contributed by atoms with E-state index in [1.54, 1.807) is 10.6 Å². The highest BCUT2D eigenvalue weighted by molar-refractivity contribution is 5.77. The van der Waals surface area contributed by atoms with Crippen LogP contribution in [-0.4, -0.2) is 35.6 Å². The summed E-state index contributed by atoms with van der Waals surface area (Å²) in [6.07, 6.45) is 1.77. The lowest BCUT2D eigenvalue weighted by molar-refractivity contribution is -0.118. The number of amides is 1. The average molecular weight is 396 g/mol. The number of rotatable bonds is 5. The summed E-state index contributed by atoms with van der Waals surface area (Å²) in [4.78, 5) is 41.3. The zero-order chi connectivity index (χ0) is 20.9. The van der Waals surface area contributed by atoms with Crippen molar-refractivity contribution >= 4 is 22.8 Å². The van der Waals surface area contributed by atoms with Gasteiger partial charge in [0.25, 0.3) is 5.56 Å². The van der Waals surface area contributed by atoms with Gasteiger partial charge in [-0.1, -0.05) is 0 Å². The molecular weight excluding hydrogens is 376 g/mol. The number of benzene rings is 1. The van der Waals surface area contributed by atoms with Crippen molar-refractivity contribution in [2.45, 2.75) is 20.4 Å².